The minimum Gasteiger partial charge on any atom is -0.468 e. The highest BCUT2D eigenvalue weighted by atomic mass is 31.2. The van der Waals surface area contributed by atoms with Crippen LogP contribution in [0.4, 0.5) is 11.8 Å². The SMILES string of the molecule is COC(=O)[C@H](C)NP(=O)(OC[C@H]1O[C@@H](n2ccc3c(N)nc(N)nc32)[C@](C)(O)C1O)Oc1ccccc1. The number of carbonyl (C=O) groups excluding carboxylic acids is 1. The summed E-state index contributed by atoms with van der Waals surface area (Å²) in [6.45, 7) is 2.32. The van der Waals surface area contributed by atoms with Crippen LogP contribution >= 0.6 is 7.75 Å². The number of nitrogens with zero attached hydrogens (tertiary/aromatic N) is 3. The number of nitrogen functional groups attached to an aromatic ring is 2. The predicted octanol–water partition coefficient (Wildman–Crippen LogP) is 0.960. The van der Waals surface area contributed by atoms with Crippen molar-refractivity contribution < 1.29 is 38.1 Å². The molecule has 15 heteroatoms. The van der Waals surface area contributed by atoms with Crippen LogP contribution in [0.3, 0.4) is 0 Å². The average molecular weight is 536 g/mol. The summed E-state index contributed by atoms with van der Waals surface area (Å²) in [6.07, 6.45) is -2.21. The molecular weight excluding hydrogens is 507 g/mol. The maximum atomic E-state index is 13.6. The number of hydrogen-bond acceptors (Lipinski definition) is 12. The van der Waals surface area contributed by atoms with Crippen molar-refractivity contribution >= 4 is 36.5 Å². The Labute approximate surface area is 212 Å². The van der Waals surface area contributed by atoms with E-state index in [9.17, 15) is 19.6 Å². The third-order valence-electron chi connectivity index (χ3n) is 5.91. The Balaban J connectivity index is 1.56. The Morgan fingerprint density at radius 3 is 2.68 bits per heavy atom. The van der Waals surface area contributed by atoms with E-state index in [4.69, 9.17) is 25.3 Å². The molecule has 2 aromatic heterocycles. The maximum Gasteiger partial charge on any atom is 0.459 e. The Hall–Kier alpha value is -3.26. The summed E-state index contributed by atoms with van der Waals surface area (Å²) in [5.41, 5.74) is 10.1. The first-order chi connectivity index (χ1) is 17.4. The second-order valence-electron chi connectivity index (χ2n) is 8.70. The molecule has 0 amide bonds. The minimum atomic E-state index is -4.20. The van der Waals surface area contributed by atoms with Crippen LogP contribution in [0.25, 0.3) is 11.0 Å². The number of benzene rings is 1. The molecule has 1 aliphatic heterocycles. The fraction of sp³-hybridized carbons (Fsp3) is 0.409. The highest BCUT2D eigenvalue weighted by molar-refractivity contribution is 7.52. The summed E-state index contributed by atoms with van der Waals surface area (Å²) in [5, 5.41) is 25.0. The van der Waals surface area contributed by atoms with E-state index < -0.39 is 50.4 Å². The van der Waals surface area contributed by atoms with Gasteiger partial charge in [-0.1, -0.05) is 18.2 Å². The molecule has 1 aromatic carbocycles. The number of aliphatic hydroxyl groups excluding tert-OH is 1. The van der Waals surface area contributed by atoms with E-state index in [1.807, 2.05) is 0 Å². The van der Waals surface area contributed by atoms with Gasteiger partial charge < -0.3 is 40.2 Å². The molecule has 2 unspecified atom stereocenters. The number of para-hydroxylation sites is 1. The molecule has 37 heavy (non-hydrogen) atoms. The fourth-order valence-electron chi connectivity index (χ4n) is 3.99. The minimum absolute atomic E-state index is 0.0761. The first-order valence-electron chi connectivity index (χ1n) is 11.3. The normalized spacial score (nSPS) is 26.0. The van der Waals surface area contributed by atoms with Crippen LogP contribution in [0.15, 0.2) is 42.6 Å². The van der Waals surface area contributed by atoms with Crippen LogP contribution in [0.2, 0.25) is 0 Å². The quantitative estimate of drug-likeness (QED) is 0.191. The molecule has 4 rings (SSSR count). The summed E-state index contributed by atoms with van der Waals surface area (Å²) in [4.78, 5) is 20.0. The first-order valence-corrected chi connectivity index (χ1v) is 12.8. The summed E-state index contributed by atoms with van der Waals surface area (Å²) >= 11 is 0. The number of fused-ring (bicyclic) bond motifs is 1. The predicted molar refractivity (Wildman–Crippen MR) is 132 cm³/mol. The topological polar surface area (TPSA) is 206 Å². The van der Waals surface area contributed by atoms with Gasteiger partial charge in [-0.3, -0.25) is 9.32 Å². The molecule has 0 saturated carbocycles. The van der Waals surface area contributed by atoms with Gasteiger partial charge in [0.25, 0.3) is 0 Å². The van der Waals surface area contributed by atoms with E-state index in [0.717, 1.165) is 0 Å². The summed E-state index contributed by atoms with van der Waals surface area (Å²) < 4.78 is 36.8. The van der Waals surface area contributed by atoms with Crippen LogP contribution in [0.1, 0.15) is 20.1 Å². The first kappa shape index (κ1) is 26.8. The largest absolute Gasteiger partial charge is 0.468 e. The van der Waals surface area contributed by atoms with Crippen molar-refractivity contribution in [3.8, 4) is 5.75 Å². The van der Waals surface area contributed by atoms with Gasteiger partial charge in [-0.05, 0) is 32.0 Å². The maximum absolute atomic E-state index is 13.6. The molecule has 1 fully saturated rings. The van der Waals surface area contributed by atoms with Gasteiger partial charge in [0, 0.05) is 6.20 Å². The lowest BCUT2D eigenvalue weighted by molar-refractivity contribution is -0.142. The highest BCUT2D eigenvalue weighted by Crippen LogP contribution is 2.47. The van der Waals surface area contributed by atoms with Crippen LogP contribution in [0.5, 0.6) is 5.75 Å². The van der Waals surface area contributed by atoms with Crippen molar-refractivity contribution in [3.63, 3.8) is 0 Å². The number of carbonyl (C=O) groups is 1. The Morgan fingerprint density at radius 2 is 2.00 bits per heavy atom. The zero-order valence-corrected chi connectivity index (χ0v) is 21.2. The Bertz CT molecular complexity index is 1320. The van der Waals surface area contributed by atoms with Crippen LogP contribution < -0.4 is 21.1 Å². The molecule has 7 N–H and O–H groups in total. The van der Waals surface area contributed by atoms with E-state index >= 15 is 0 Å². The number of aliphatic hydroxyl groups is 2. The molecule has 14 nitrogen and oxygen atoms in total. The van der Waals surface area contributed by atoms with Crippen molar-refractivity contribution in [1.82, 2.24) is 19.6 Å². The number of esters is 1. The zero-order chi connectivity index (χ0) is 27.0. The molecule has 0 radical (unpaired) electrons. The van der Waals surface area contributed by atoms with Gasteiger partial charge in [-0.25, -0.2) is 4.57 Å². The number of rotatable bonds is 9. The number of methoxy groups -OCH3 is 1. The third kappa shape index (κ3) is 5.39. The molecule has 200 valence electrons. The van der Waals surface area contributed by atoms with E-state index in [-0.39, 0.29) is 23.2 Å². The van der Waals surface area contributed by atoms with Gasteiger partial charge in [0.15, 0.2) is 6.23 Å². The Kier molecular flexibility index (Phi) is 7.42. The second-order valence-corrected chi connectivity index (χ2v) is 10.4. The van der Waals surface area contributed by atoms with E-state index in [2.05, 4.69) is 19.8 Å². The number of aromatic nitrogens is 3. The van der Waals surface area contributed by atoms with Gasteiger partial charge in [0.05, 0.1) is 19.1 Å². The van der Waals surface area contributed by atoms with Gasteiger partial charge in [0.1, 0.15) is 41.1 Å². The summed E-state index contributed by atoms with van der Waals surface area (Å²) in [6, 6.07) is 8.76. The zero-order valence-electron chi connectivity index (χ0n) is 20.3. The average Bonchev–Trinajstić information content (AvgIpc) is 3.36. The fourth-order valence-corrected chi connectivity index (χ4v) is 5.49. The smallest absolute Gasteiger partial charge is 0.459 e. The van der Waals surface area contributed by atoms with Crippen LogP contribution in [-0.4, -0.2) is 68.3 Å². The van der Waals surface area contributed by atoms with Crippen molar-refractivity contribution in [2.45, 2.75) is 43.9 Å². The van der Waals surface area contributed by atoms with Crippen molar-refractivity contribution in [1.29, 1.82) is 0 Å². The molecule has 3 heterocycles. The highest BCUT2D eigenvalue weighted by Gasteiger charge is 2.54. The molecule has 0 bridgehead atoms. The summed E-state index contributed by atoms with van der Waals surface area (Å²) in [5.74, 6) is -0.417. The molecule has 1 saturated heterocycles. The monoisotopic (exact) mass is 536 g/mol. The van der Waals surface area contributed by atoms with Crippen molar-refractivity contribution in [2.24, 2.45) is 0 Å². The van der Waals surface area contributed by atoms with Crippen LogP contribution in [-0.2, 0) is 23.4 Å². The number of ether oxygens (including phenoxy) is 2. The van der Waals surface area contributed by atoms with Crippen molar-refractivity contribution in [3.05, 3.63) is 42.6 Å². The number of hydrogen-bond donors (Lipinski definition) is 5. The molecule has 0 aliphatic carbocycles. The molecular formula is C22H29N6O8P. The van der Waals surface area contributed by atoms with Crippen molar-refractivity contribution in [2.75, 3.05) is 25.2 Å². The Morgan fingerprint density at radius 1 is 1.30 bits per heavy atom. The lowest BCUT2D eigenvalue weighted by atomic mass is 9.96. The lowest BCUT2D eigenvalue weighted by Gasteiger charge is -2.27. The standard InChI is InChI=1S/C22H29N6O8P/c1-12(19(30)33-3)27-37(32,36-13-7-5-4-6-8-13)34-11-15-16(29)22(2,31)20(35-15)28-10-9-14-17(23)25-21(24)26-18(14)28/h4-10,12,15-16,20,29,31H,11H2,1-3H3,(H,27,32)(H4,23,24,25,26)/t12-,15+,16?,20+,22+,37?/m0/s1. The second kappa shape index (κ2) is 10.2. The van der Waals surface area contributed by atoms with E-state index in [0.29, 0.717) is 5.39 Å². The lowest BCUT2D eigenvalue weighted by Crippen LogP contribution is -2.44. The van der Waals surface area contributed by atoms with E-state index in [1.165, 1.54) is 25.5 Å². The molecule has 6 atom stereocenters. The summed E-state index contributed by atoms with van der Waals surface area (Å²) in [7, 11) is -3.01. The van der Waals surface area contributed by atoms with Gasteiger partial charge in [-0.2, -0.15) is 15.1 Å². The van der Waals surface area contributed by atoms with Gasteiger partial charge in [0.2, 0.25) is 5.95 Å². The third-order valence-corrected chi connectivity index (χ3v) is 7.55. The number of nitrogens with one attached hydrogen (secondary N) is 1. The van der Waals surface area contributed by atoms with E-state index in [1.54, 1.807) is 42.6 Å². The number of nitrogens with two attached hydrogens (primary N) is 2. The van der Waals surface area contributed by atoms with Crippen LogP contribution in [0, 0.1) is 0 Å². The number of anilines is 2. The van der Waals surface area contributed by atoms with Gasteiger partial charge >= 0.3 is 13.7 Å². The molecule has 1 aliphatic rings. The molecule has 3 aromatic rings. The molecule has 0 spiro atoms. The van der Waals surface area contributed by atoms with Gasteiger partial charge in [-0.15, -0.1) is 0 Å².